The Morgan fingerprint density at radius 3 is 2.92 bits per heavy atom. The molecule has 1 heterocycles. The maximum absolute atomic E-state index is 4.04. The van der Waals surface area contributed by atoms with Gasteiger partial charge < -0.3 is 0 Å². The maximum Gasteiger partial charge on any atom is 0.147 e. The summed E-state index contributed by atoms with van der Waals surface area (Å²) in [7, 11) is 0. The summed E-state index contributed by atoms with van der Waals surface area (Å²) < 4.78 is 1.11. The molecule has 0 fully saturated rings. The first kappa shape index (κ1) is 8.84. The van der Waals surface area contributed by atoms with E-state index in [2.05, 4.69) is 39.1 Å². The SMILES string of the molecule is Cc1c(Br)cccc1-c1nncs1. The summed E-state index contributed by atoms with van der Waals surface area (Å²) in [5, 5.41) is 8.83. The van der Waals surface area contributed by atoms with Crippen molar-refractivity contribution in [1.29, 1.82) is 0 Å². The van der Waals surface area contributed by atoms with E-state index in [1.165, 1.54) is 5.56 Å². The van der Waals surface area contributed by atoms with Gasteiger partial charge in [-0.2, -0.15) is 0 Å². The van der Waals surface area contributed by atoms with Crippen LogP contribution in [0.4, 0.5) is 0 Å². The van der Waals surface area contributed by atoms with Gasteiger partial charge in [0.2, 0.25) is 0 Å². The molecule has 4 heteroatoms. The van der Waals surface area contributed by atoms with Crippen LogP contribution in [0.15, 0.2) is 28.2 Å². The van der Waals surface area contributed by atoms with E-state index in [4.69, 9.17) is 0 Å². The van der Waals surface area contributed by atoms with Crippen molar-refractivity contribution in [2.45, 2.75) is 6.92 Å². The molecule has 66 valence electrons. The minimum atomic E-state index is 0.971. The van der Waals surface area contributed by atoms with Crippen LogP contribution in [0.3, 0.4) is 0 Å². The number of rotatable bonds is 1. The van der Waals surface area contributed by atoms with Gasteiger partial charge in [-0.15, -0.1) is 10.2 Å². The molecule has 0 saturated carbocycles. The molecule has 2 rings (SSSR count). The third-order valence-corrected chi connectivity index (χ3v) is 3.44. The zero-order valence-electron chi connectivity index (χ0n) is 6.99. The lowest BCUT2D eigenvalue weighted by atomic mass is 10.1. The molecule has 2 nitrogen and oxygen atoms in total. The fourth-order valence-electron chi connectivity index (χ4n) is 1.13. The number of hydrogen-bond acceptors (Lipinski definition) is 3. The first-order chi connectivity index (χ1) is 6.29. The Hall–Kier alpha value is -0.740. The monoisotopic (exact) mass is 254 g/mol. The summed E-state index contributed by atoms with van der Waals surface area (Å²) in [5.41, 5.74) is 4.10. The van der Waals surface area contributed by atoms with Crippen LogP contribution >= 0.6 is 27.3 Å². The van der Waals surface area contributed by atoms with Gasteiger partial charge in [-0.05, 0) is 18.6 Å². The van der Waals surface area contributed by atoms with Gasteiger partial charge in [0.15, 0.2) is 0 Å². The van der Waals surface area contributed by atoms with Gasteiger partial charge in [0.25, 0.3) is 0 Å². The average molecular weight is 255 g/mol. The Labute approximate surface area is 88.8 Å². The fraction of sp³-hybridized carbons (Fsp3) is 0.111. The molecule has 0 aliphatic carbocycles. The van der Waals surface area contributed by atoms with Crippen molar-refractivity contribution >= 4 is 27.3 Å². The average Bonchev–Trinajstić information content (AvgIpc) is 2.62. The molecule has 13 heavy (non-hydrogen) atoms. The highest BCUT2D eigenvalue weighted by Gasteiger charge is 2.06. The van der Waals surface area contributed by atoms with E-state index in [-0.39, 0.29) is 0 Å². The molecule has 0 atom stereocenters. The van der Waals surface area contributed by atoms with Gasteiger partial charge in [0.1, 0.15) is 10.5 Å². The second kappa shape index (κ2) is 3.55. The van der Waals surface area contributed by atoms with Crippen molar-refractivity contribution in [2.75, 3.05) is 0 Å². The van der Waals surface area contributed by atoms with E-state index >= 15 is 0 Å². The van der Waals surface area contributed by atoms with E-state index in [9.17, 15) is 0 Å². The first-order valence-corrected chi connectivity index (χ1v) is 5.48. The molecular formula is C9H7BrN2S. The maximum atomic E-state index is 4.04. The fourth-order valence-corrected chi connectivity index (χ4v) is 2.13. The van der Waals surface area contributed by atoms with Gasteiger partial charge in [-0.1, -0.05) is 39.4 Å². The molecule has 0 amide bonds. The zero-order valence-corrected chi connectivity index (χ0v) is 9.39. The van der Waals surface area contributed by atoms with E-state index in [0.717, 1.165) is 15.0 Å². The second-order valence-corrected chi connectivity index (χ2v) is 4.34. The van der Waals surface area contributed by atoms with E-state index < -0.39 is 0 Å². The molecule has 0 saturated heterocycles. The van der Waals surface area contributed by atoms with Crippen molar-refractivity contribution in [1.82, 2.24) is 10.2 Å². The lowest BCUT2D eigenvalue weighted by molar-refractivity contribution is 1.09. The van der Waals surface area contributed by atoms with Crippen LogP contribution in [-0.2, 0) is 0 Å². The van der Waals surface area contributed by atoms with Gasteiger partial charge >= 0.3 is 0 Å². The third kappa shape index (κ3) is 1.64. The van der Waals surface area contributed by atoms with Crippen LogP contribution in [0.25, 0.3) is 10.6 Å². The first-order valence-electron chi connectivity index (χ1n) is 3.80. The largest absolute Gasteiger partial charge is 0.147 e. The van der Waals surface area contributed by atoms with Crippen molar-refractivity contribution in [3.63, 3.8) is 0 Å². The topological polar surface area (TPSA) is 25.8 Å². The highest BCUT2D eigenvalue weighted by atomic mass is 79.9. The summed E-state index contributed by atoms with van der Waals surface area (Å²) in [4.78, 5) is 0. The van der Waals surface area contributed by atoms with Gasteiger partial charge in [-0.25, -0.2) is 0 Å². The van der Waals surface area contributed by atoms with Gasteiger partial charge in [-0.3, -0.25) is 0 Å². The van der Waals surface area contributed by atoms with Crippen LogP contribution in [0.2, 0.25) is 0 Å². The van der Waals surface area contributed by atoms with E-state index in [0.29, 0.717) is 0 Å². The zero-order chi connectivity index (χ0) is 9.26. The predicted octanol–water partition coefficient (Wildman–Crippen LogP) is 3.28. The minimum absolute atomic E-state index is 0.971. The molecule has 0 unspecified atom stereocenters. The Morgan fingerprint density at radius 2 is 2.23 bits per heavy atom. The lowest BCUT2D eigenvalue weighted by Crippen LogP contribution is -1.83. The van der Waals surface area contributed by atoms with Crippen LogP contribution < -0.4 is 0 Å². The molecule has 1 aromatic heterocycles. The van der Waals surface area contributed by atoms with Crippen LogP contribution in [0.5, 0.6) is 0 Å². The standard InChI is InChI=1S/C9H7BrN2S/c1-6-7(3-2-4-8(6)10)9-12-11-5-13-9/h2-5H,1H3. The predicted molar refractivity (Wildman–Crippen MR) is 57.8 cm³/mol. The summed E-state index contributed by atoms with van der Waals surface area (Å²) in [5.74, 6) is 0. The number of benzene rings is 1. The van der Waals surface area contributed by atoms with Crippen LogP contribution in [-0.4, -0.2) is 10.2 Å². The summed E-state index contributed by atoms with van der Waals surface area (Å²) >= 11 is 5.04. The van der Waals surface area contributed by atoms with Crippen molar-refractivity contribution in [2.24, 2.45) is 0 Å². The molecule has 0 spiro atoms. The molecule has 0 bridgehead atoms. The lowest BCUT2D eigenvalue weighted by Gasteiger charge is -2.02. The number of aromatic nitrogens is 2. The molecular weight excluding hydrogens is 248 g/mol. The minimum Gasteiger partial charge on any atom is -0.147 e. The summed E-state index contributed by atoms with van der Waals surface area (Å²) in [6, 6.07) is 6.09. The number of halogens is 1. The summed E-state index contributed by atoms with van der Waals surface area (Å²) in [6.45, 7) is 2.07. The van der Waals surface area contributed by atoms with Gasteiger partial charge in [0, 0.05) is 10.0 Å². The Kier molecular flexibility index (Phi) is 2.42. The highest BCUT2D eigenvalue weighted by Crippen LogP contribution is 2.28. The second-order valence-electron chi connectivity index (χ2n) is 2.66. The Balaban J connectivity index is 2.59. The third-order valence-electron chi connectivity index (χ3n) is 1.86. The van der Waals surface area contributed by atoms with E-state index in [1.54, 1.807) is 16.8 Å². The highest BCUT2D eigenvalue weighted by molar-refractivity contribution is 9.10. The molecule has 0 N–H and O–H groups in total. The normalized spacial score (nSPS) is 10.3. The Bertz CT molecular complexity index is 412. The number of hydrogen-bond donors (Lipinski definition) is 0. The number of nitrogens with zero attached hydrogens (tertiary/aromatic N) is 2. The van der Waals surface area contributed by atoms with E-state index in [1.807, 2.05) is 12.1 Å². The molecule has 0 aliphatic rings. The smallest absolute Gasteiger partial charge is 0.147 e. The van der Waals surface area contributed by atoms with Crippen molar-refractivity contribution in [3.8, 4) is 10.6 Å². The van der Waals surface area contributed by atoms with Gasteiger partial charge in [0.05, 0.1) is 0 Å². The molecule has 0 radical (unpaired) electrons. The molecule has 0 aliphatic heterocycles. The van der Waals surface area contributed by atoms with Crippen LogP contribution in [0.1, 0.15) is 5.56 Å². The summed E-state index contributed by atoms with van der Waals surface area (Å²) in [6.07, 6.45) is 0. The molecule has 1 aromatic carbocycles. The van der Waals surface area contributed by atoms with Crippen molar-refractivity contribution < 1.29 is 0 Å². The molecule has 2 aromatic rings. The quantitative estimate of drug-likeness (QED) is 0.781. The van der Waals surface area contributed by atoms with Crippen molar-refractivity contribution in [3.05, 3.63) is 33.7 Å². The van der Waals surface area contributed by atoms with Crippen LogP contribution in [0, 0.1) is 6.92 Å². The Morgan fingerprint density at radius 1 is 1.38 bits per heavy atom.